The molecule has 2 N–H and O–H groups in total. The molecule has 2 heterocycles. The van der Waals surface area contributed by atoms with Gasteiger partial charge in [0.2, 0.25) is 0 Å². The van der Waals surface area contributed by atoms with Gasteiger partial charge in [0.05, 0.1) is 22.8 Å². The van der Waals surface area contributed by atoms with Crippen molar-refractivity contribution in [3.63, 3.8) is 0 Å². The molecule has 196 valence electrons. The molecule has 1 aliphatic carbocycles. The predicted molar refractivity (Wildman–Crippen MR) is 145 cm³/mol. The van der Waals surface area contributed by atoms with Crippen LogP contribution in [-0.2, 0) is 0 Å². The monoisotopic (exact) mass is 554 g/mol. The van der Waals surface area contributed by atoms with Gasteiger partial charge >= 0.3 is 5.69 Å². The highest BCUT2D eigenvalue weighted by Gasteiger charge is 2.28. The summed E-state index contributed by atoms with van der Waals surface area (Å²) in [6, 6.07) is 12.0. The molecule has 5 rings (SSSR count). The summed E-state index contributed by atoms with van der Waals surface area (Å²) >= 11 is 7.47. The summed E-state index contributed by atoms with van der Waals surface area (Å²) in [6.45, 7) is 0. The van der Waals surface area contributed by atoms with E-state index in [1.165, 1.54) is 39.1 Å². The van der Waals surface area contributed by atoms with E-state index in [4.69, 9.17) is 11.6 Å². The van der Waals surface area contributed by atoms with E-state index < -0.39 is 29.0 Å². The predicted octanol–water partition coefficient (Wildman–Crippen LogP) is 4.68. The van der Waals surface area contributed by atoms with E-state index >= 15 is 0 Å². The molecule has 0 atom stereocenters. The number of carbonyl (C=O) groups is 1. The van der Waals surface area contributed by atoms with Crippen LogP contribution in [0.4, 0.5) is 4.39 Å². The maximum Gasteiger partial charge on any atom is 0.337 e. The Morgan fingerprint density at radius 2 is 1.89 bits per heavy atom. The Morgan fingerprint density at radius 3 is 2.63 bits per heavy atom. The second-order valence-corrected chi connectivity index (χ2v) is 10.5. The van der Waals surface area contributed by atoms with Crippen LogP contribution in [0.1, 0.15) is 42.1 Å². The van der Waals surface area contributed by atoms with Gasteiger partial charge in [0.25, 0.3) is 11.5 Å². The molecule has 0 saturated heterocycles. The van der Waals surface area contributed by atoms with E-state index in [1.54, 1.807) is 6.07 Å². The van der Waals surface area contributed by atoms with Crippen molar-refractivity contribution >= 4 is 40.3 Å². The van der Waals surface area contributed by atoms with E-state index in [0.717, 1.165) is 17.2 Å². The fourth-order valence-corrected chi connectivity index (χ4v) is 5.54. The minimum absolute atomic E-state index is 0.0195. The molecule has 1 amide bonds. The Labute approximate surface area is 226 Å². The highest BCUT2D eigenvalue weighted by atomic mass is 35.5. The normalized spacial score (nSPS) is 17.4. The molecule has 8 nitrogen and oxygen atoms in total. The van der Waals surface area contributed by atoms with Gasteiger partial charge in [-0.1, -0.05) is 17.7 Å². The number of fused-ring (bicyclic) bond motifs is 1. The van der Waals surface area contributed by atoms with E-state index in [1.807, 2.05) is 24.5 Å². The number of carbonyl (C=O) groups excluding carboxylic acids is 1. The van der Waals surface area contributed by atoms with Crippen LogP contribution in [0.15, 0.2) is 69.2 Å². The van der Waals surface area contributed by atoms with Gasteiger partial charge in [-0.05, 0) is 74.4 Å². The van der Waals surface area contributed by atoms with Gasteiger partial charge in [-0.2, -0.15) is 0 Å². The highest BCUT2D eigenvalue weighted by Crippen LogP contribution is 2.29. The van der Waals surface area contributed by atoms with Crippen molar-refractivity contribution in [2.75, 3.05) is 6.26 Å². The summed E-state index contributed by atoms with van der Waals surface area (Å²) in [5, 5.41) is 13.3. The maximum atomic E-state index is 14.1. The third kappa shape index (κ3) is 4.93. The largest absolute Gasteiger partial charge is 0.507 e. The lowest BCUT2D eigenvalue weighted by atomic mass is 9.90. The molecule has 1 saturated carbocycles. The van der Waals surface area contributed by atoms with Crippen LogP contribution < -0.4 is 16.6 Å². The summed E-state index contributed by atoms with van der Waals surface area (Å²) in [5.74, 6) is -1.29. The Balaban J connectivity index is 1.47. The average molecular weight is 555 g/mol. The zero-order valence-electron chi connectivity index (χ0n) is 20.4. The summed E-state index contributed by atoms with van der Waals surface area (Å²) in [7, 11) is 0. The molecule has 0 spiro atoms. The highest BCUT2D eigenvalue weighted by molar-refractivity contribution is 7.98. The number of nitrogens with zero attached hydrogens (tertiary/aromatic N) is 3. The number of pyridine rings is 1. The first-order valence-electron chi connectivity index (χ1n) is 12.0. The van der Waals surface area contributed by atoms with Gasteiger partial charge in [-0.25, -0.2) is 18.7 Å². The quantitative estimate of drug-likeness (QED) is 0.347. The van der Waals surface area contributed by atoms with Crippen LogP contribution in [0.3, 0.4) is 0 Å². The van der Waals surface area contributed by atoms with E-state index in [2.05, 4.69) is 10.3 Å². The average Bonchev–Trinajstić information content (AvgIpc) is 2.91. The van der Waals surface area contributed by atoms with Crippen LogP contribution in [0.2, 0.25) is 5.02 Å². The molecule has 2 aromatic heterocycles. The smallest absolute Gasteiger partial charge is 0.337 e. The first-order valence-corrected chi connectivity index (χ1v) is 13.6. The Kier molecular flexibility index (Phi) is 7.27. The van der Waals surface area contributed by atoms with Crippen LogP contribution in [-0.4, -0.2) is 37.4 Å². The number of hydrogen-bond donors (Lipinski definition) is 2. The van der Waals surface area contributed by atoms with Crippen LogP contribution in [0, 0.1) is 5.82 Å². The second kappa shape index (κ2) is 10.6. The SMILES string of the molecule is CSc1cccc(-n2c(=O)n(C3CCC(NC(=O)c4cc(Cl)ccc4O)CC3)c(=O)c3cc(F)cnc32)c1. The second-order valence-electron chi connectivity index (χ2n) is 9.16. The lowest BCUT2D eigenvalue weighted by molar-refractivity contribution is 0.0919. The van der Waals surface area contributed by atoms with Gasteiger partial charge in [0.1, 0.15) is 11.6 Å². The van der Waals surface area contributed by atoms with Gasteiger partial charge in [-0.15, -0.1) is 11.8 Å². The van der Waals surface area contributed by atoms with Crippen molar-refractivity contribution < 1.29 is 14.3 Å². The molecule has 0 bridgehead atoms. The van der Waals surface area contributed by atoms with Crippen molar-refractivity contribution in [3.8, 4) is 11.4 Å². The van der Waals surface area contributed by atoms with Crippen molar-refractivity contribution in [1.29, 1.82) is 0 Å². The molecular weight excluding hydrogens is 531 g/mol. The van der Waals surface area contributed by atoms with Gasteiger partial charge in [-0.3, -0.25) is 14.2 Å². The molecule has 11 heteroatoms. The topological polar surface area (TPSA) is 106 Å². The number of halogens is 2. The van der Waals surface area contributed by atoms with Crippen LogP contribution in [0.25, 0.3) is 16.7 Å². The first-order chi connectivity index (χ1) is 18.3. The molecular formula is C27H24ClFN4O4S. The zero-order chi connectivity index (χ0) is 27.0. The molecule has 0 aliphatic heterocycles. The standard InChI is InChI=1S/C27H24ClFN4O4S/c1-38-20-4-2-3-19(13-20)32-24-22(12-16(29)14-30-24)26(36)33(27(32)37)18-8-6-17(7-9-18)31-25(35)21-11-15(28)5-10-23(21)34/h2-5,10-14,17-18,34H,6-9H2,1H3,(H,31,35). The number of benzene rings is 2. The minimum Gasteiger partial charge on any atom is -0.507 e. The lowest BCUT2D eigenvalue weighted by Gasteiger charge is -2.30. The maximum absolute atomic E-state index is 14.1. The molecule has 1 fully saturated rings. The summed E-state index contributed by atoms with van der Waals surface area (Å²) in [6.07, 6.45) is 4.81. The summed E-state index contributed by atoms with van der Waals surface area (Å²) < 4.78 is 16.7. The summed E-state index contributed by atoms with van der Waals surface area (Å²) in [5.41, 5.74) is -0.433. The zero-order valence-corrected chi connectivity index (χ0v) is 21.9. The first kappa shape index (κ1) is 26.0. The lowest BCUT2D eigenvalue weighted by Crippen LogP contribution is -2.45. The van der Waals surface area contributed by atoms with Crippen LogP contribution in [0.5, 0.6) is 5.75 Å². The minimum atomic E-state index is -0.667. The number of rotatable bonds is 5. The van der Waals surface area contributed by atoms with Crippen molar-refractivity contribution in [1.82, 2.24) is 19.4 Å². The fraction of sp³-hybridized carbons (Fsp3) is 0.259. The number of aromatic nitrogens is 3. The number of thioether (sulfide) groups is 1. The molecule has 4 aromatic rings. The van der Waals surface area contributed by atoms with Crippen LogP contribution >= 0.6 is 23.4 Å². The molecule has 1 aliphatic rings. The number of aromatic hydroxyl groups is 1. The van der Waals surface area contributed by atoms with Crippen molar-refractivity contribution in [3.05, 3.63) is 92.0 Å². The third-order valence-electron chi connectivity index (χ3n) is 6.80. The summed E-state index contributed by atoms with van der Waals surface area (Å²) in [4.78, 5) is 44.9. The molecule has 38 heavy (non-hydrogen) atoms. The van der Waals surface area contributed by atoms with Gasteiger partial charge < -0.3 is 10.4 Å². The van der Waals surface area contributed by atoms with E-state index in [9.17, 15) is 23.9 Å². The number of nitrogens with one attached hydrogen (secondary N) is 1. The van der Waals surface area contributed by atoms with Gasteiger partial charge in [0, 0.05) is 22.0 Å². The van der Waals surface area contributed by atoms with Crippen molar-refractivity contribution in [2.45, 2.75) is 42.7 Å². The Morgan fingerprint density at radius 1 is 1.13 bits per heavy atom. The Bertz CT molecular complexity index is 1660. The van der Waals surface area contributed by atoms with E-state index in [-0.39, 0.29) is 28.4 Å². The number of hydrogen-bond acceptors (Lipinski definition) is 6. The number of amides is 1. The van der Waals surface area contributed by atoms with Crippen molar-refractivity contribution in [2.24, 2.45) is 0 Å². The Hall–Kier alpha value is -3.63. The molecule has 0 radical (unpaired) electrons. The fourth-order valence-electron chi connectivity index (χ4n) is 4.92. The molecule has 2 aromatic carbocycles. The number of phenols is 1. The van der Waals surface area contributed by atoms with E-state index in [0.29, 0.717) is 36.4 Å². The number of phenolic OH excluding ortho intramolecular Hbond substituents is 1. The molecule has 0 unspecified atom stereocenters. The van der Waals surface area contributed by atoms with Gasteiger partial charge in [0.15, 0.2) is 5.65 Å². The third-order valence-corrected chi connectivity index (χ3v) is 7.76.